The zero-order chi connectivity index (χ0) is 13.4. The first-order chi connectivity index (χ1) is 9.19. The molecule has 3 heteroatoms. The number of halogens is 1. The average molecular weight is 274 g/mol. The molecule has 0 aromatic heterocycles. The van der Waals surface area contributed by atoms with Crippen LogP contribution in [-0.2, 0) is 6.42 Å². The van der Waals surface area contributed by atoms with Crippen LogP contribution in [0, 0.1) is 6.92 Å². The highest BCUT2D eigenvalue weighted by molar-refractivity contribution is 6.32. The summed E-state index contributed by atoms with van der Waals surface area (Å²) in [5.41, 5.74) is 5.12. The predicted molar refractivity (Wildman–Crippen MR) is 79.3 cm³/mol. The molecule has 0 saturated carbocycles. The number of nitrogens with one attached hydrogen (secondary N) is 1. The van der Waals surface area contributed by atoms with Crippen LogP contribution in [0.25, 0.3) is 0 Å². The van der Waals surface area contributed by atoms with E-state index in [1.165, 1.54) is 22.4 Å². The van der Waals surface area contributed by atoms with Gasteiger partial charge in [0.1, 0.15) is 5.75 Å². The lowest BCUT2D eigenvalue weighted by molar-refractivity contribution is 0.415. The molecular formula is C16H16ClNO. The van der Waals surface area contributed by atoms with E-state index in [2.05, 4.69) is 36.5 Å². The van der Waals surface area contributed by atoms with Crippen molar-refractivity contribution in [1.82, 2.24) is 0 Å². The van der Waals surface area contributed by atoms with Gasteiger partial charge in [-0.25, -0.2) is 0 Å². The molecule has 0 saturated heterocycles. The van der Waals surface area contributed by atoms with Crippen molar-refractivity contribution in [3.63, 3.8) is 0 Å². The second kappa shape index (κ2) is 4.78. The highest BCUT2D eigenvalue weighted by Gasteiger charge is 2.23. The monoisotopic (exact) mass is 273 g/mol. The van der Waals surface area contributed by atoms with Crippen LogP contribution in [-0.4, -0.2) is 7.11 Å². The van der Waals surface area contributed by atoms with E-state index in [1.54, 1.807) is 7.11 Å². The van der Waals surface area contributed by atoms with E-state index >= 15 is 0 Å². The Bertz CT molecular complexity index is 624. The number of fused-ring (bicyclic) bond motifs is 1. The Morgan fingerprint density at radius 3 is 2.79 bits per heavy atom. The quantitative estimate of drug-likeness (QED) is 0.877. The molecule has 0 bridgehead atoms. The van der Waals surface area contributed by atoms with Gasteiger partial charge in [0.25, 0.3) is 0 Å². The number of hydrogen-bond acceptors (Lipinski definition) is 2. The molecule has 1 atom stereocenters. The number of para-hydroxylation sites is 1. The second-order valence-electron chi connectivity index (χ2n) is 4.90. The van der Waals surface area contributed by atoms with Crippen molar-refractivity contribution in [2.24, 2.45) is 0 Å². The van der Waals surface area contributed by atoms with Gasteiger partial charge in [0, 0.05) is 5.69 Å². The zero-order valence-corrected chi connectivity index (χ0v) is 11.8. The van der Waals surface area contributed by atoms with Crippen molar-refractivity contribution in [2.45, 2.75) is 19.4 Å². The number of anilines is 1. The molecule has 2 aromatic rings. The minimum atomic E-state index is 0.291. The number of aryl methyl sites for hydroxylation is 1. The van der Waals surface area contributed by atoms with E-state index in [4.69, 9.17) is 16.3 Å². The third-order valence-corrected chi connectivity index (χ3v) is 3.98. The summed E-state index contributed by atoms with van der Waals surface area (Å²) in [7, 11) is 1.63. The fourth-order valence-corrected chi connectivity index (χ4v) is 2.92. The fourth-order valence-electron chi connectivity index (χ4n) is 2.65. The minimum Gasteiger partial charge on any atom is -0.495 e. The van der Waals surface area contributed by atoms with Gasteiger partial charge in [-0.05, 0) is 42.2 Å². The smallest absolute Gasteiger partial charge is 0.137 e. The van der Waals surface area contributed by atoms with Gasteiger partial charge in [-0.3, -0.25) is 0 Å². The molecule has 1 heterocycles. The number of benzene rings is 2. The molecule has 98 valence electrons. The molecule has 1 unspecified atom stereocenters. The molecule has 3 rings (SSSR count). The van der Waals surface area contributed by atoms with E-state index < -0.39 is 0 Å². The average Bonchev–Trinajstić information content (AvgIpc) is 2.84. The normalized spacial score (nSPS) is 16.9. The lowest BCUT2D eigenvalue weighted by Gasteiger charge is -2.14. The van der Waals surface area contributed by atoms with Gasteiger partial charge in [-0.1, -0.05) is 35.9 Å². The fraction of sp³-hybridized carbons (Fsp3) is 0.250. The Kier molecular flexibility index (Phi) is 3.11. The number of methoxy groups -OCH3 is 1. The van der Waals surface area contributed by atoms with Crippen LogP contribution in [0.15, 0.2) is 36.4 Å². The van der Waals surface area contributed by atoms with Gasteiger partial charge >= 0.3 is 0 Å². The molecular weight excluding hydrogens is 258 g/mol. The Hall–Kier alpha value is -1.67. The third kappa shape index (κ3) is 2.17. The molecule has 19 heavy (non-hydrogen) atoms. The Morgan fingerprint density at radius 2 is 2.11 bits per heavy atom. The Morgan fingerprint density at radius 1 is 1.26 bits per heavy atom. The summed E-state index contributed by atoms with van der Waals surface area (Å²) in [5, 5.41) is 4.25. The minimum absolute atomic E-state index is 0.291. The van der Waals surface area contributed by atoms with Crippen molar-refractivity contribution in [3.8, 4) is 5.75 Å². The molecule has 0 spiro atoms. The van der Waals surface area contributed by atoms with Gasteiger partial charge in [0.05, 0.1) is 18.2 Å². The first-order valence-electron chi connectivity index (χ1n) is 6.37. The molecule has 1 N–H and O–H groups in total. The summed E-state index contributed by atoms with van der Waals surface area (Å²) < 4.78 is 5.19. The van der Waals surface area contributed by atoms with E-state index in [1.807, 2.05) is 12.1 Å². The van der Waals surface area contributed by atoms with Crippen LogP contribution in [0.4, 0.5) is 5.69 Å². The standard InChI is InChI=1S/C16H16ClNO/c1-10-4-3-5-12-9-14(18-16(10)12)11-6-7-15(19-2)13(17)8-11/h3-8,14,18H,9H2,1-2H3. The molecule has 0 aliphatic carbocycles. The molecule has 2 nitrogen and oxygen atoms in total. The largest absolute Gasteiger partial charge is 0.495 e. The topological polar surface area (TPSA) is 21.3 Å². The molecule has 0 amide bonds. The highest BCUT2D eigenvalue weighted by atomic mass is 35.5. The van der Waals surface area contributed by atoms with Crippen LogP contribution in [0.1, 0.15) is 22.7 Å². The SMILES string of the molecule is COc1ccc(C2Cc3cccc(C)c3N2)cc1Cl. The van der Waals surface area contributed by atoms with Crippen LogP contribution in [0.3, 0.4) is 0 Å². The molecule has 1 aliphatic rings. The van der Waals surface area contributed by atoms with Crippen LogP contribution in [0.5, 0.6) is 5.75 Å². The lowest BCUT2D eigenvalue weighted by Crippen LogP contribution is -2.06. The van der Waals surface area contributed by atoms with Gasteiger partial charge in [-0.2, -0.15) is 0 Å². The highest BCUT2D eigenvalue weighted by Crippen LogP contribution is 2.38. The predicted octanol–water partition coefficient (Wildman–Crippen LogP) is 4.37. The Balaban J connectivity index is 1.91. The van der Waals surface area contributed by atoms with Gasteiger partial charge in [0.2, 0.25) is 0 Å². The van der Waals surface area contributed by atoms with Crippen molar-refractivity contribution in [3.05, 3.63) is 58.1 Å². The van der Waals surface area contributed by atoms with E-state index in [9.17, 15) is 0 Å². The van der Waals surface area contributed by atoms with Crippen molar-refractivity contribution < 1.29 is 4.74 Å². The van der Waals surface area contributed by atoms with Crippen molar-refractivity contribution in [1.29, 1.82) is 0 Å². The maximum Gasteiger partial charge on any atom is 0.137 e. The molecule has 0 fully saturated rings. The lowest BCUT2D eigenvalue weighted by atomic mass is 10.0. The van der Waals surface area contributed by atoms with E-state index in [0.717, 1.165) is 12.2 Å². The van der Waals surface area contributed by atoms with Crippen LogP contribution < -0.4 is 10.1 Å². The maximum atomic E-state index is 6.20. The van der Waals surface area contributed by atoms with Crippen LogP contribution >= 0.6 is 11.6 Å². The van der Waals surface area contributed by atoms with Gasteiger partial charge in [0.15, 0.2) is 0 Å². The van der Waals surface area contributed by atoms with E-state index in [0.29, 0.717) is 11.1 Å². The number of ether oxygens (including phenoxy) is 1. The second-order valence-corrected chi connectivity index (χ2v) is 5.31. The summed E-state index contributed by atoms with van der Waals surface area (Å²) in [6, 6.07) is 12.7. The first kappa shape index (κ1) is 12.4. The van der Waals surface area contributed by atoms with E-state index in [-0.39, 0.29) is 0 Å². The van der Waals surface area contributed by atoms with Crippen LogP contribution in [0.2, 0.25) is 5.02 Å². The summed E-state index contributed by atoms with van der Waals surface area (Å²) in [5.74, 6) is 0.720. The summed E-state index contributed by atoms with van der Waals surface area (Å²) >= 11 is 6.20. The van der Waals surface area contributed by atoms with Crippen molar-refractivity contribution >= 4 is 17.3 Å². The van der Waals surface area contributed by atoms with Gasteiger partial charge in [-0.15, -0.1) is 0 Å². The molecule has 0 radical (unpaired) electrons. The summed E-state index contributed by atoms with van der Waals surface area (Å²) in [6.45, 7) is 2.13. The number of hydrogen-bond donors (Lipinski definition) is 1. The van der Waals surface area contributed by atoms with Gasteiger partial charge < -0.3 is 10.1 Å². The first-order valence-corrected chi connectivity index (χ1v) is 6.75. The zero-order valence-electron chi connectivity index (χ0n) is 11.0. The molecule has 2 aromatic carbocycles. The van der Waals surface area contributed by atoms with Crippen molar-refractivity contribution in [2.75, 3.05) is 12.4 Å². The third-order valence-electron chi connectivity index (χ3n) is 3.68. The number of rotatable bonds is 2. The maximum absolute atomic E-state index is 6.20. The Labute approximate surface area is 118 Å². The molecule has 1 aliphatic heterocycles. The summed E-state index contributed by atoms with van der Waals surface area (Å²) in [6.07, 6.45) is 1.000. The summed E-state index contributed by atoms with van der Waals surface area (Å²) in [4.78, 5) is 0.